The van der Waals surface area contributed by atoms with Crippen LogP contribution in [0.15, 0.2) is 0 Å². The maximum atomic E-state index is 9.53. The van der Waals surface area contributed by atoms with E-state index in [0.29, 0.717) is 15.1 Å². The number of hydrogen-bond acceptors (Lipinski definition) is 2. The minimum atomic E-state index is -0.543. The van der Waals surface area contributed by atoms with E-state index < -0.39 is 6.10 Å². The molecule has 2 rings (SSSR count). The third kappa shape index (κ3) is 1.17. The van der Waals surface area contributed by atoms with Gasteiger partial charge in [-0.15, -0.1) is 22.9 Å². The van der Waals surface area contributed by atoms with E-state index in [4.69, 9.17) is 34.8 Å². The molecule has 1 heterocycles. The van der Waals surface area contributed by atoms with Crippen LogP contribution in [-0.2, 0) is 0 Å². The molecule has 1 N–H and O–H groups in total. The standard InChI is InChI=1S/C7H5Cl3OS/c8-2-1-3(11)5-4(2)6(9)12-7(5)10/h2-3,11H,1H2/t2-,3+/m1/s1. The van der Waals surface area contributed by atoms with Crippen LogP contribution in [0, 0.1) is 0 Å². The van der Waals surface area contributed by atoms with Gasteiger partial charge in [0.1, 0.15) is 4.34 Å². The number of aliphatic hydroxyl groups excluding tert-OH is 1. The maximum Gasteiger partial charge on any atom is 0.101 e. The number of halogens is 3. The molecule has 0 spiro atoms. The molecule has 0 saturated carbocycles. The quantitative estimate of drug-likeness (QED) is 0.688. The minimum Gasteiger partial charge on any atom is -0.388 e. The van der Waals surface area contributed by atoms with E-state index in [9.17, 15) is 5.11 Å². The van der Waals surface area contributed by atoms with E-state index in [1.54, 1.807) is 0 Å². The van der Waals surface area contributed by atoms with Crippen molar-refractivity contribution in [2.45, 2.75) is 17.9 Å². The first-order valence-corrected chi connectivity index (χ1v) is 5.42. The summed E-state index contributed by atoms with van der Waals surface area (Å²) in [5.74, 6) is 0. The predicted molar refractivity (Wildman–Crippen MR) is 52.5 cm³/mol. The molecule has 0 saturated heterocycles. The van der Waals surface area contributed by atoms with Gasteiger partial charge in [0.15, 0.2) is 0 Å². The zero-order valence-corrected chi connectivity index (χ0v) is 8.94. The van der Waals surface area contributed by atoms with Crippen LogP contribution >= 0.6 is 46.1 Å². The van der Waals surface area contributed by atoms with E-state index >= 15 is 0 Å². The fourth-order valence-corrected chi connectivity index (χ4v) is 3.87. The normalized spacial score (nSPS) is 27.7. The molecule has 12 heavy (non-hydrogen) atoms. The van der Waals surface area contributed by atoms with E-state index in [0.717, 1.165) is 11.1 Å². The van der Waals surface area contributed by atoms with Gasteiger partial charge in [0.05, 0.1) is 15.8 Å². The van der Waals surface area contributed by atoms with Gasteiger partial charge in [-0.3, -0.25) is 0 Å². The second-order valence-electron chi connectivity index (χ2n) is 2.70. The maximum absolute atomic E-state index is 9.53. The van der Waals surface area contributed by atoms with Crippen LogP contribution in [0.1, 0.15) is 29.0 Å². The molecule has 0 fully saturated rings. The van der Waals surface area contributed by atoms with Crippen molar-refractivity contribution in [3.8, 4) is 0 Å². The first kappa shape index (κ1) is 9.10. The Morgan fingerprint density at radius 1 is 1.25 bits per heavy atom. The summed E-state index contributed by atoms with van der Waals surface area (Å²) in [7, 11) is 0. The Kier molecular flexibility index (Phi) is 2.30. The van der Waals surface area contributed by atoms with Gasteiger partial charge >= 0.3 is 0 Å². The van der Waals surface area contributed by atoms with Crippen molar-refractivity contribution in [1.29, 1.82) is 0 Å². The van der Waals surface area contributed by atoms with Crippen molar-refractivity contribution in [2.75, 3.05) is 0 Å². The molecular formula is C7H5Cl3OS. The van der Waals surface area contributed by atoms with Crippen LogP contribution in [0.5, 0.6) is 0 Å². The van der Waals surface area contributed by atoms with Gasteiger partial charge in [-0.1, -0.05) is 23.2 Å². The van der Waals surface area contributed by atoms with Gasteiger partial charge in [0, 0.05) is 11.1 Å². The molecule has 0 aliphatic heterocycles. The van der Waals surface area contributed by atoms with Crippen molar-refractivity contribution >= 4 is 46.1 Å². The Morgan fingerprint density at radius 2 is 1.83 bits per heavy atom. The summed E-state index contributed by atoms with van der Waals surface area (Å²) in [6.45, 7) is 0. The Balaban J connectivity index is 2.62. The molecule has 0 aromatic carbocycles. The topological polar surface area (TPSA) is 20.2 Å². The predicted octanol–water partition coefficient (Wildman–Crippen LogP) is 3.77. The van der Waals surface area contributed by atoms with E-state index in [1.807, 2.05) is 0 Å². The monoisotopic (exact) mass is 242 g/mol. The molecule has 5 heteroatoms. The van der Waals surface area contributed by atoms with Crippen LogP contribution in [0.25, 0.3) is 0 Å². The molecule has 0 radical (unpaired) electrons. The smallest absolute Gasteiger partial charge is 0.101 e. The summed E-state index contributed by atoms with van der Waals surface area (Å²) >= 11 is 19.0. The third-order valence-corrected chi connectivity index (χ3v) is 4.03. The Hall–Kier alpha value is 0.530. The first-order valence-electron chi connectivity index (χ1n) is 3.41. The van der Waals surface area contributed by atoms with Crippen molar-refractivity contribution in [3.63, 3.8) is 0 Å². The van der Waals surface area contributed by atoms with Crippen LogP contribution in [0.4, 0.5) is 0 Å². The largest absolute Gasteiger partial charge is 0.388 e. The molecule has 0 unspecified atom stereocenters. The SMILES string of the molecule is O[C@H]1C[C@@H](Cl)c2c(Cl)sc(Cl)c21. The highest BCUT2D eigenvalue weighted by Crippen LogP contribution is 2.52. The van der Waals surface area contributed by atoms with Crippen LogP contribution < -0.4 is 0 Å². The van der Waals surface area contributed by atoms with Gasteiger partial charge in [-0.25, -0.2) is 0 Å². The van der Waals surface area contributed by atoms with Crippen LogP contribution in [0.2, 0.25) is 8.67 Å². The summed E-state index contributed by atoms with van der Waals surface area (Å²) in [6, 6.07) is 0. The van der Waals surface area contributed by atoms with E-state index in [1.165, 1.54) is 11.3 Å². The molecule has 1 aliphatic carbocycles. The van der Waals surface area contributed by atoms with Crippen molar-refractivity contribution in [3.05, 3.63) is 19.8 Å². The molecule has 0 bridgehead atoms. The minimum absolute atomic E-state index is 0.189. The zero-order chi connectivity index (χ0) is 8.88. The summed E-state index contributed by atoms with van der Waals surface area (Å²) in [5.41, 5.74) is 1.55. The summed E-state index contributed by atoms with van der Waals surface area (Å²) in [5, 5.41) is 9.34. The van der Waals surface area contributed by atoms with Crippen LogP contribution in [0.3, 0.4) is 0 Å². The summed E-state index contributed by atoms with van der Waals surface area (Å²) in [4.78, 5) is 0. The fraction of sp³-hybridized carbons (Fsp3) is 0.429. The number of rotatable bonds is 0. The van der Waals surface area contributed by atoms with Gasteiger partial charge < -0.3 is 5.11 Å². The average Bonchev–Trinajstić information content (AvgIpc) is 2.38. The number of fused-ring (bicyclic) bond motifs is 1. The number of hydrogen-bond donors (Lipinski definition) is 1. The lowest BCUT2D eigenvalue weighted by molar-refractivity contribution is 0.179. The lowest BCUT2D eigenvalue weighted by atomic mass is 10.2. The molecule has 66 valence electrons. The lowest BCUT2D eigenvalue weighted by Gasteiger charge is -2.00. The summed E-state index contributed by atoms with van der Waals surface area (Å²) in [6.07, 6.45) is -0.0297. The second kappa shape index (κ2) is 3.03. The molecule has 0 amide bonds. The molecule has 1 aromatic rings. The van der Waals surface area contributed by atoms with Crippen molar-refractivity contribution in [2.24, 2.45) is 0 Å². The van der Waals surface area contributed by atoms with E-state index in [2.05, 4.69) is 0 Å². The average molecular weight is 244 g/mol. The number of thiophene rings is 1. The summed E-state index contributed by atoms with van der Waals surface area (Å²) < 4.78 is 1.16. The third-order valence-electron chi connectivity index (χ3n) is 1.97. The van der Waals surface area contributed by atoms with Gasteiger partial charge in [0.2, 0.25) is 0 Å². The highest BCUT2D eigenvalue weighted by atomic mass is 35.5. The fourth-order valence-electron chi connectivity index (χ4n) is 1.43. The number of alkyl halides is 1. The molecule has 1 nitrogen and oxygen atoms in total. The van der Waals surface area contributed by atoms with Gasteiger partial charge in [0.25, 0.3) is 0 Å². The Bertz CT molecular complexity index is 294. The van der Waals surface area contributed by atoms with Crippen molar-refractivity contribution in [1.82, 2.24) is 0 Å². The first-order chi connectivity index (χ1) is 5.61. The highest BCUT2D eigenvalue weighted by molar-refractivity contribution is 7.20. The van der Waals surface area contributed by atoms with Gasteiger partial charge in [-0.2, -0.15) is 0 Å². The molecule has 2 atom stereocenters. The van der Waals surface area contributed by atoms with Gasteiger partial charge in [-0.05, 0) is 6.42 Å². The van der Waals surface area contributed by atoms with Crippen molar-refractivity contribution < 1.29 is 5.11 Å². The number of aliphatic hydroxyl groups is 1. The lowest BCUT2D eigenvalue weighted by Crippen LogP contribution is -1.88. The second-order valence-corrected chi connectivity index (χ2v) is 5.45. The Morgan fingerprint density at radius 3 is 2.42 bits per heavy atom. The zero-order valence-electron chi connectivity index (χ0n) is 5.85. The van der Waals surface area contributed by atoms with Crippen LogP contribution in [-0.4, -0.2) is 5.11 Å². The highest BCUT2D eigenvalue weighted by Gasteiger charge is 2.34. The Labute approximate surface area is 88.9 Å². The molecular weight excluding hydrogens is 239 g/mol. The van der Waals surface area contributed by atoms with E-state index in [-0.39, 0.29) is 5.38 Å². The molecule has 1 aliphatic rings. The molecule has 1 aromatic heterocycles.